The molecule has 18 heavy (non-hydrogen) atoms. The Bertz CT molecular complexity index is 405. The Morgan fingerprint density at radius 2 is 1.89 bits per heavy atom. The SMILES string of the molecule is Cl.O=C(NC1Cc2ccccc2C1)C1CCNC1. The number of nitrogens with one attached hydrogen (secondary N) is 2. The molecule has 0 saturated carbocycles. The Morgan fingerprint density at radius 1 is 1.22 bits per heavy atom. The van der Waals surface area contributed by atoms with Gasteiger partial charge in [0.05, 0.1) is 5.92 Å². The quantitative estimate of drug-likeness (QED) is 0.847. The van der Waals surface area contributed by atoms with Crippen molar-refractivity contribution in [1.82, 2.24) is 10.6 Å². The topological polar surface area (TPSA) is 41.1 Å². The second kappa shape index (κ2) is 5.72. The predicted octanol–water partition coefficient (Wildman–Crippen LogP) is 1.30. The van der Waals surface area contributed by atoms with E-state index in [0.717, 1.165) is 32.4 Å². The number of hydrogen-bond donors (Lipinski definition) is 2. The summed E-state index contributed by atoms with van der Waals surface area (Å²) in [5.41, 5.74) is 2.78. The zero-order chi connectivity index (χ0) is 11.7. The zero-order valence-electron chi connectivity index (χ0n) is 10.3. The Morgan fingerprint density at radius 3 is 2.44 bits per heavy atom. The van der Waals surface area contributed by atoms with Crippen molar-refractivity contribution in [3.63, 3.8) is 0 Å². The van der Waals surface area contributed by atoms with E-state index in [0.29, 0.717) is 6.04 Å². The van der Waals surface area contributed by atoms with Gasteiger partial charge in [-0.3, -0.25) is 4.79 Å². The molecule has 0 radical (unpaired) electrons. The summed E-state index contributed by atoms with van der Waals surface area (Å²) < 4.78 is 0. The van der Waals surface area contributed by atoms with Crippen LogP contribution < -0.4 is 10.6 Å². The number of rotatable bonds is 2. The average Bonchev–Trinajstić information content (AvgIpc) is 2.97. The second-order valence-electron chi connectivity index (χ2n) is 5.07. The largest absolute Gasteiger partial charge is 0.352 e. The van der Waals surface area contributed by atoms with E-state index in [1.807, 2.05) is 0 Å². The van der Waals surface area contributed by atoms with Crippen molar-refractivity contribution in [2.75, 3.05) is 13.1 Å². The Balaban J connectivity index is 0.00000120. The van der Waals surface area contributed by atoms with Crippen LogP contribution in [-0.4, -0.2) is 25.0 Å². The highest BCUT2D eigenvalue weighted by molar-refractivity contribution is 5.85. The van der Waals surface area contributed by atoms with Gasteiger partial charge in [0.2, 0.25) is 5.91 Å². The molecule has 1 aliphatic carbocycles. The number of carbonyl (C=O) groups is 1. The summed E-state index contributed by atoms with van der Waals surface area (Å²) in [6.07, 6.45) is 2.95. The molecule has 1 atom stereocenters. The van der Waals surface area contributed by atoms with Crippen molar-refractivity contribution >= 4 is 18.3 Å². The number of benzene rings is 1. The lowest BCUT2D eigenvalue weighted by molar-refractivity contribution is -0.125. The van der Waals surface area contributed by atoms with Crippen LogP contribution in [0.3, 0.4) is 0 Å². The van der Waals surface area contributed by atoms with Crippen LogP contribution in [0.4, 0.5) is 0 Å². The second-order valence-corrected chi connectivity index (χ2v) is 5.07. The molecule has 3 nitrogen and oxygen atoms in total. The Labute approximate surface area is 114 Å². The van der Waals surface area contributed by atoms with Gasteiger partial charge in [0.25, 0.3) is 0 Å². The molecular weight excluding hydrogens is 248 g/mol. The third kappa shape index (κ3) is 2.68. The smallest absolute Gasteiger partial charge is 0.224 e. The lowest BCUT2D eigenvalue weighted by atomic mass is 10.1. The molecule has 1 fully saturated rings. The first-order valence-corrected chi connectivity index (χ1v) is 6.41. The van der Waals surface area contributed by atoms with Gasteiger partial charge in [0.1, 0.15) is 0 Å². The van der Waals surface area contributed by atoms with Gasteiger partial charge in [-0.05, 0) is 36.9 Å². The van der Waals surface area contributed by atoms with E-state index in [2.05, 4.69) is 34.9 Å². The maximum atomic E-state index is 12.0. The van der Waals surface area contributed by atoms with Crippen LogP contribution in [-0.2, 0) is 17.6 Å². The van der Waals surface area contributed by atoms with Crippen LogP contribution in [0.1, 0.15) is 17.5 Å². The third-order valence-corrected chi connectivity index (χ3v) is 3.83. The van der Waals surface area contributed by atoms with E-state index >= 15 is 0 Å². The number of fused-ring (bicyclic) bond motifs is 1. The van der Waals surface area contributed by atoms with Crippen molar-refractivity contribution in [3.05, 3.63) is 35.4 Å². The van der Waals surface area contributed by atoms with Gasteiger partial charge in [-0.15, -0.1) is 12.4 Å². The maximum Gasteiger partial charge on any atom is 0.224 e. The normalized spacial score (nSPS) is 22.3. The number of amides is 1. The van der Waals surface area contributed by atoms with Gasteiger partial charge in [-0.2, -0.15) is 0 Å². The molecule has 0 bridgehead atoms. The highest BCUT2D eigenvalue weighted by atomic mass is 35.5. The molecule has 2 aliphatic rings. The number of halogens is 1. The minimum atomic E-state index is 0. The number of carbonyl (C=O) groups excluding carboxylic acids is 1. The van der Waals surface area contributed by atoms with Crippen LogP contribution >= 0.6 is 12.4 Å². The molecule has 3 rings (SSSR count). The molecule has 1 amide bonds. The zero-order valence-corrected chi connectivity index (χ0v) is 11.1. The van der Waals surface area contributed by atoms with Gasteiger partial charge in [-0.1, -0.05) is 24.3 Å². The van der Waals surface area contributed by atoms with E-state index in [4.69, 9.17) is 0 Å². The molecule has 2 N–H and O–H groups in total. The van der Waals surface area contributed by atoms with Crippen molar-refractivity contribution in [2.24, 2.45) is 5.92 Å². The van der Waals surface area contributed by atoms with Crippen molar-refractivity contribution in [2.45, 2.75) is 25.3 Å². The molecule has 1 saturated heterocycles. The predicted molar refractivity (Wildman–Crippen MR) is 74.0 cm³/mol. The summed E-state index contributed by atoms with van der Waals surface area (Å²) in [6, 6.07) is 8.78. The van der Waals surface area contributed by atoms with E-state index in [-0.39, 0.29) is 24.2 Å². The Hall–Kier alpha value is -1.06. The first-order chi connectivity index (χ1) is 8.33. The molecule has 98 valence electrons. The standard InChI is InChI=1S/C14H18N2O.ClH/c17-14(12-5-6-15-9-12)16-13-7-10-3-1-2-4-11(10)8-13;/h1-4,12-13,15H,5-9H2,(H,16,17);1H. The highest BCUT2D eigenvalue weighted by Crippen LogP contribution is 2.22. The molecule has 1 aromatic rings. The summed E-state index contributed by atoms with van der Waals surface area (Å²) in [5.74, 6) is 0.409. The van der Waals surface area contributed by atoms with Crippen molar-refractivity contribution < 1.29 is 4.79 Å². The highest BCUT2D eigenvalue weighted by Gasteiger charge is 2.27. The van der Waals surface area contributed by atoms with Crippen LogP contribution in [0.5, 0.6) is 0 Å². The molecule has 1 aromatic carbocycles. The van der Waals surface area contributed by atoms with Gasteiger partial charge in [0.15, 0.2) is 0 Å². The summed E-state index contributed by atoms with van der Waals surface area (Å²) in [6.45, 7) is 1.81. The molecule has 1 heterocycles. The number of hydrogen-bond acceptors (Lipinski definition) is 2. The fraction of sp³-hybridized carbons (Fsp3) is 0.500. The molecule has 0 aromatic heterocycles. The van der Waals surface area contributed by atoms with Gasteiger partial charge in [0, 0.05) is 12.6 Å². The third-order valence-electron chi connectivity index (χ3n) is 3.83. The van der Waals surface area contributed by atoms with Crippen molar-refractivity contribution in [1.29, 1.82) is 0 Å². The monoisotopic (exact) mass is 266 g/mol. The Kier molecular flexibility index (Phi) is 4.25. The molecule has 0 spiro atoms. The maximum absolute atomic E-state index is 12.0. The lowest BCUT2D eigenvalue weighted by Crippen LogP contribution is -2.40. The molecule has 4 heteroatoms. The van der Waals surface area contributed by atoms with E-state index in [1.54, 1.807) is 0 Å². The molecule has 1 aliphatic heterocycles. The van der Waals surface area contributed by atoms with E-state index < -0.39 is 0 Å². The van der Waals surface area contributed by atoms with E-state index in [1.165, 1.54) is 11.1 Å². The first-order valence-electron chi connectivity index (χ1n) is 6.41. The van der Waals surface area contributed by atoms with Crippen LogP contribution in [0.25, 0.3) is 0 Å². The van der Waals surface area contributed by atoms with Gasteiger partial charge in [-0.25, -0.2) is 0 Å². The average molecular weight is 267 g/mol. The minimum absolute atomic E-state index is 0. The molecule has 1 unspecified atom stereocenters. The fourth-order valence-electron chi connectivity index (χ4n) is 2.86. The fourth-order valence-corrected chi connectivity index (χ4v) is 2.86. The minimum Gasteiger partial charge on any atom is -0.352 e. The summed E-state index contributed by atoms with van der Waals surface area (Å²) in [7, 11) is 0. The van der Waals surface area contributed by atoms with Crippen LogP contribution in [0, 0.1) is 5.92 Å². The van der Waals surface area contributed by atoms with Crippen molar-refractivity contribution in [3.8, 4) is 0 Å². The van der Waals surface area contributed by atoms with Crippen LogP contribution in [0.2, 0.25) is 0 Å². The first kappa shape index (κ1) is 13.4. The summed E-state index contributed by atoms with van der Waals surface area (Å²) >= 11 is 0. The lowest BCUT2D eigenvalue weighted by Gasteiger charge is -2.15. The summed E-state index contributed by atoms with van der Waals surface area (Å²) in [5, 5.41) is 6.42. The molecular formula is C14H19ClN2O. The van der Waals surface area contributed by atoms with Crippen LogP contribution in [0.15, 0.2) is 24.3 Å². The van der Waals surface area contributed by atoms with E-state index in [9.17, 15) is 4.79 Å². The summed E-state index contributed by atoms with van der Waals surface area (Å²) in [4.78, 5) is 12.0. The van der Waals surface area contributed by atoms with Gasteiger partial charge < -0.3 is 10.6 Å². The van der Waals surface area contributed by atoms with Gasteiger partial charge >= 0.3 is 0 Å².